The first-order chi connectivity index (χ1) is 10.1. The first kappa shape index (κ1) is 14.2. The van der Waals surface area contributed by atoms with E-state index in [2.05, 4.69) is 57.6 Å². The van der Waals surface area contributed by atoms with Gasteiger partial charge >= 0.3 is 0 Å². The average Bonchev–Trinajstić information content (AvgIpc) is 2.84. The highest BCUT2D eigenvalue weighted by Crippen LogP contribution is 2.17. The molecule has 0 radical (unpaired) electrons. The lowest BCUT2D eigenvalue weighted by Crippen LogP contribution is -2.17. The average molecular weight is 297 g/mol. The van der Waals surface area contributed by atoms with Crippen molar-refractivity contribution in [3.8, 4) is 0 Å². The zero-order valence-electron chi connectivity index (χ0n) is 12.6. The van der Waals surface area contributed by atoms with Crippen molar-refractivity contribution in [2.45, 2.75) is 26.9 Å². The van der Waals surface area contributed by atoms with E-state index in [0.717, 1.165) is 30.0 Å². The van der Waals surface area contributed by atoms with Crippen LogP contribution < -0.4 is 0 Å². The lowest BCUT2D eigenvalue weighted by atomic mass is 10.1. The van der Waals surface area contributed by atoms with Gasteiger partial charge in [-0.15, -0.1) is 11.3 Å². The number of aryl methyl sites for hydroxylation is 2. The fourth-order valence-electron chi connectivity index (χ4n) is 2.45. The quantitative estimate of drug-likeness (QED) is 0.730. The Kier molecular flexibility index (Phi) is 3.99. The van der Waals surface area contributed by atoms with Crippen LogP contribution >= 0.6 is 11.3 Å². The van der Waals surface area contributed by atoms with Crippen LogP contribution in [-0.4, -0.2) is 21.9 Å². The molecule has 0 N–H and O–H groups in total. The highest BCUT2D eigenvalue weighted by molar-refractivity contribution is 7.09. The normalized spacial score (nSPS) is 11.4. The smallest absolute Gasteiger partial charge is 0.107 e. The van der Waals surface area contributed by atoms with Crippen LogP contribution in [0.5, 0.6) is 0 Å². The fourth-order valence-corrected chi connectivity index (χ4v) is 3.30. The summed E-state index contributed by atoms with van der Waals surface area (Å²) in [5.74, 6) is 0. The summed E-state index contributed by atoms with van der Waals surface area (Å²) in [6, 6.07) is 10.7. The van der Waals surface area contributed by atoms with Crippen molar-refractivity contribution in [1.82, 2.24) is 14.9 Å². The third kappa shape index (κ3) is 3.46. The molecular formula is C17H19N3S. The topological polar surface area (TPSA) is 29.0 Å². The van der Waals surface area contributed by atoms with Crippen LogP contribution in [0.25, 0.3) is 10.9 Å². The van der Waals surface area contributed by atoms with Gasteiger partial charge in [0.2, 0.25) is 0 Å². The number of benzene rings is 1. The van der Waals surface area contributed by atoms with Crippen molar-refractivity contribution in [1.29, 1.82) is 0 Å². The molecule has 3 rings (SSSR count). The maximum atomic E-state index is 4.54. The number of nitrogens with zero attached hydrogens (tertiary/aromatic N) is 3. The van der Waals surface area contributed by atoms with Crippen LogP contribution in [0, 0.1) is 13.8 Å². The zero-order valence-corrected chi connectivity index (χ0v) is 13.4. The maximum absolute atomic E-state index is 4.54. The van der Waals surface area contributed by atoms with Gasteiger partial charge in [-0.2, -0.15) is 0 Å². The summed E-state index contributed by atoms with van der Waals surface area (Å²) in [5, 5.41) is 4.48. The van der Waals surface area contributed by atoms with Crippen LogP contribution in [0.2, 0.25) is 0 Å². The molecule has 4 heteroatoms. The first-order valence-corrected chi connectivity index (χ1v) is 7.94. The summed E-state index contributed by atoms with van der Waals surface area (Å²) >= 11 is 1.73. The van der Waals surface area contributed by atoms with Gasteiger partial charge in [-0.1, -0.05) is 12.1 Å². The van der Waals surface area contributed by atoms with Crippen molar-refractivity contribution in [2.75, 3.05) is 7.05 Å². The standard InChI is InChI=1S/C17H19N3S/c1-12-4-6-15-8-14(5-7-16(15)18-12)9-20(3)10-17-19-13(2)11-21-17/h4-8,11H,9-10H2,1-3H3. The maximum Gasteiger partial charge on any atom is 0.107 e. The van der Waals surface area contributed by atoms with Crippen molar-refractivity contribution < 1.29 is 0 Å². The summed E-state index contributed by atoms with van der Waals surface area (Å²) < 4.78 is 0. The second kappa shape index (κ2) is 5.92. The van der Waals surface area contributed by atoms with Gasteiger partial charge in [0.05, 0.1) is 12.1 Å². The lowest BCUT2D eigenvalue weighted by Gasteiger charge is -2.15. The molecule has 0 amide bonds. The van der Waals surface area contributed by atoms with E-state index in [1.54, 1.807) is 11.3 Å². The van der Waals surface area contributed by atoms with Gasteiger partial charge < -0.3 is 0 Å². The Balaban J connectivity index is 1.73. The van der Waals surface area contributed by atoms with Gasteiger partial charge in [0.1, 0.15) is 5.01 Å². The lowest BCUT2D eigenvalue weighted by molar-refractivity contribution is 0.318. The Morgan fingerprint density at radius 2 is 1.86 bits per heavy atom. The summed E-state index contributed by atoms with van der Waals surface area (Å²) in [7, 11) is 2.13. The fraction of sp³-hybridized carbons (Fsp3) is 0.294. The molecule has 0 aliphatic heterocycles. The number of thiazole rings is 1. The minimum atomic E-state index is 0.892. The monoisotopic (exact) mass is 297 g/mol. The van der Waals surface area contributed by atoms with Crippen molar-refractivity contribution in [3.05, 3.63) is 57.7 Å². The van der Waals surface area contributed by atoms with Crippen LogP contribution in [0.15, 0.2) is 35.7 Å². The molecule has 0 aliphatic rings. The van der Waals surface area contributed by atoms with Crippen molar-refractivity contribution >= 4 is 22.2 Å². The van der Waals surface area contributed by atoms with Gasteiger partial charge in [0.25, 0.3) is 0 Å². The van der Waals surface area contributed by atoms with E-state index in [9.17, 15) is 0 Å². The highest BCUT2D eigenvalue weighted by Gasteiger charge is 2.06. The van der Waals surface area contributed by atoms with E-state index < -0.39 is 0 Å². The molecule has 0 saturated carbocycles. The van der Waals surface area contributed by atoms with Gasteiger partial charge in [-0.05, 0) is 44.7 Å². The van der Waals surface area contributed by atoms with E-state index >= 15 is 0 Å². The molecule has 0 fully saturated rings. The van der Waals surface area contributed by atoms with Crippen LogP contribution in [0.1, 0.15) is 22.0 Å². The Morgan fingerprint density at radius 1 is 1.00 bits per heavy atom. The Hall–Kier alpha value is -1.78. The second-order valence-electron chi connectivity index (χ2n) is 5.53. The Labute approximate surface area is 129 Å². The third-order valence-electron chi connectivity index (χ3n) is 3.42. The molecule has 2 heterocycles. The molecule has 3 nitrogen and oxygen atoms in total. The van der Waals surface area contributed by atoms with Crippen molar-refractivity contribution in [2.24, 2.45) is 0 Å². The molecule has 0 spiro atoms. The van der Waals surface area contributed by atoms with Crippen LogP contribution in [0.4, 0.5) is 0 Å². The number of hydrogen-bond donors (Lipinski definition) is 0. The number of pyridine rings is 1. The first-order valence-electron chi connectivity index (χ1n) is 7.06. The summed E-state index contributed by atoms with van der Waals surface area (Å²) in [6.07, 6.45) is 0. The third-order valence-corrected chi connectivity index (χ3v) is 4.37. The zero-order chi connectivity index (χ0) is 14.8. The van der Waals surface area contributed by atoms with E-state index in [1.165, 1.54) is 16.0 Å². The number of aromatic nitrogens is 2. The molecule has 3 aromatic rings. The number of rotatable bonds is 4. The minimum Gasteiger partial charge on any atom is -0.295 e. The minimum absolute atomic E-state index is 0.892. The molecule has 0 unspecified atom stereocenters. The molecular weight excluding hydrogens is 278 g/mol. The molecule has 21 heavy (non-hydrogen) atoms. The predicted molar refractivity (Wildman–Crippen MR) is 88.5 cm³/mol. The van der Waals surface area contributed by atoms with Crippen molar-refractivity contribution in [3.63, 3.8) is 0 Å². The van der Waals surface area contributed by atoms with E-state index in [4.69, 9.17) is 0 Å². The molecule has 1 aromatic carbocycles. The highest BCUT2D eigenvalue weighted by atomic mass is 32.1. The molecule has 2 aromatic heterocycles. The number of fused-ring (bicyclic) bond motifs is 1. The van der Waals surface area contributed by atoms with E-state index in [1.807, 2.05) is 13.8 Å². The Bertz CT molecular complexity index is 764. The molecule has 108 valence electrons. The predicted octanol–water partition coefficient (Wildman–Crippen LogP) is 3.94. The SMILES string of the molecule is Cc1csc(CN(C)Cc2ccc3nc(C)ccc3c2)n1. The van der Waals surface area contributed by atoms with Gasteiger partial charge in [-0.25, -0.2) is 4.98 Å². The molecule has 0 atom stereocenters. The summed E-state index contributed by atoms with van der Waals surface area (Å²) in [6.45, 7) is 5.88. The van der Waals surface area contributed by atoms with Gasteiger partial charge in [-0.3, -0.25) is 9.88 Å². The van der Waals surface area contributed by atoms with Gasteiger partial charge in [0.15, 0.2) is 0 Å². The largest absolute Gasteiger partial charge is 0.295 e. The number of hydrogen-bond acceptors (Lipinski definition) is 4. The van der Waals surface area contributed by atoms with Gasteiger partial charge in [0, 0.05) is 28.7 Å². The summed E-state index contributed by atoms with van der Waals surface area (Å²) in [5.41, 5.74) is 4.54. The van der Waals surface area contributed by atoms with E-state index in [-0.39, 0.29) is 0 Å². The Morgan fingerprint density at radius 3 is 2.62 bits per heavy atom. The molecule has 0 aliphatic carbocycles. The van der Waals surface area contributed by atoms with E-state index in [0.29, 0.717) is 0 Å². The molecule has 0 bridgehead atoms. The second-order valence-corrected chi connectivity index (χ2v) is 6.48. The van der Waals surface area contributed by atoms with Crippen LogP contribution in [-0.2, 0) is 13.1 Å². The van der Waals surface area contributed by atoms with Crippen LogP contribution in [0.3, 0.4) is 0 Å². The molecule has 0 saturated heterocycles. The summed E-state index contributed by atoms with van der Waals surface area (Å²) in [4.78, 5) is 11.4.